The molecule has 0 bridgehead atoms. The molecule has 0 aliphatic carbocycles. The zero-order chi connectivity index (χ0) is 14.3. The molecule has 1 aromatic carbocycles. The number of carbonyl (C=O) groups is 1. The van der Waals surface area contributed by atoms with E-state index in [4.69, 9.17) is 5.26 Å². The van der Waals surface area contributed by atoms with Gasteiger partial charge in [0, 0.05) is 11.0 Å². The fourth-order valence-corrected chi connectivity index (χ4v) is 1.93. The van der Waals surface area contributed by atoms with Gasteiger partial charge in [0.1, 0.15) is 12.1 Å². The Morgan fingerprint density at radius 3 is 2.89 bits per heavy atom. The van der Waals surface area contributed by atoms with Gasteiger partial charge in [0.05, 0.1) is 11.3 Å². The number of benzene rings is 1. The van der Waals surface area contributed by atoms with Crippen LogP contribution in [0.4, 0.5) is 5.69 Å². The zero-order valence-corrected chi connectivity index (χ0v) is 12.8. The third-order valence-electron chi connectivity index (χ3n) is 2.70. The molecule has 0 aromatic heterocycles. The smallest absolute Gasteiger partial charge is 0.242 e. The number of carbonyl (C=O) groups excluding carboxylic acids is 1. The van der Waals surface area contributed by atoms with Crippen LogP contribution in [0, 0.1) is 11.3 Å². The predicted molar refractivity (Wildman–Crippen MR) is 79.9 cm³/mol. The average Bonchev–Trinajstić information content (AvgIpc) is 2.39. The molecule has 2 N–H and O–H groups in total. The second-order valence-electron chi connectivity index (χ2n) is 4.31. The first-order chi connectivity index (χ1) is 9.08. The van der Waals surface area contributed by atoms with Crippen LogP contribution in [0.2, 0.25) is 0 Å². The lowest BCUT2D eigenvalue weighted by Crippen LogP contribution is -2.38. The first kappa shape index (κ1) is 15.5. The minimum absolute atomic E-state index is 0.0580. The van der Waals surface area contributed by atoms with Gasteiger partial charge in [0.25, 0.3) is 0 Å². The summed E-state index contributed by atoms with van der Waals surface area (Å²) >= 11 is 3.35. The van der Waals surface area contributed by atoms with Crippen molar-refractivity contribution in [2.45, 2.75) is 32.7 Å². The maximum absolute atomic E-state index is 11.8. The largest absolute Gasteiger partial charge is 0.373 e. The Bertz CT molecular complexity index is 482. The van der Waals surface area contributed by atoms with E-state index in [9.17, 15) is 4.79 Å². The van der Waals surface area contributed by atoms with Crippen LogP contribution < -0.4 is 10.6 Å². The Labute approximate surface area is 122 Å². The van der Waals surface area contributed by atoms with Crippen LogP contribution >= 0.6 is 15.9 Å². The molecule has 1 amide bonds. The standard InChI is InChI=1S/C14H18BrN3O/c1-3-4-7-17-14(19)10(2)18-13-8-12(15)6-5-11(13)9-16/h5-6,8,10,18H,3-4,7H2,1-2H3,(H,17,19). The molecule has 1 atom stereocenters. The van der Waals surface area contributed by atoms with E-state index in [1.165, 1.54) is 0 Å². The molecule has 4 nitrogen and oxygen atoms in total. The van der Waals surface area contributed by atoms with E-state index >= 15 is 0 Å². The summed E-state index contributed by atoms with van der Waals surface area (Å²) < 4.78 is 0.868. The van der Waals surface area contributed by atoms with E-state index in [-0.39, 0.29) is 11.9 Å². The highest BCUT2D eigenvalue weighted by atomic mass is 79.9. The molecule has 1 rings (SSSR count). The molecule has 0 spiro atoms. The van der Waals surface area contributed by atoms with Gasteiger partial charge in [-0.2, -0.15) is 5.26 Å². The topological polar surface area (TPSA) is 64.9 Å². The molecule has 0 aliphatic rings. The van der Waals surface area contributed by atoms with Crippen molar-refractivity contribution in [3.8, 4) is 6.07 Å². The molecule has 1 unspecified atom stereocenters. The van der Waals surface area contributed by atoms with Gasteiger partial charge in [-0.1, -0.05) is 29.3 Å². The average molecular weight is 324 g/mol. The van der Waals surface area contributed by atoms with E-state index < -0.39 is 0 Å². The molecule has 0 radical (unpaired) electrons. The predicted octanol–water partition coefficient (Wildman–Crippen LogP) is 3.04. The SMILES string of the molecule is CCCCNC(=O)C(C)Nc1cc(Br)ccc1C#N. The molecule has 0 heterocycles. The summed E-state index contributed by atoms with van der Waals surface area (Å²) in [5, 5.41) is 15.0. The Hall–Kier alpha value is -1.54. The molecule has 102 valence electrons. The van der Waals surface area contributed by atoms with Crippen LogP contribution in [0.25, 0.3) is 0 Å². The van der Waals surface area contributed by atoms with Crippen molar-refractivity contribution in [3.63, 3.8) is 0 Å². The van der Waals surface area contributed by atoms with Gasteiger partial charge < -0.3 is 10.6 Å². The van der Waals surface area contributed by atoms with Crippen molar-refractivity contribution < 1.29 is 4.79 Å². The second-order valence-corrected chi connectivity index (χ2v) is 5.23. The highest BCUT2D eigenvalue weighted by Crippen LogP contribution is 2.21. The first-order valence-corrected chi connectivity index (χ1v) is 7.11. The van der Waals surface area contributed by atoms with E-state index in [1.807, 2.05) is 0 Å². The van der Waals surface area contributed by atoms with E-state index in [1.54, 1.807) is 25.1 Å². The third-order valence-corrected chi connectivity index (χ3v) is 3.19. The maximum atomic E-state index is 11.8. The van der Waals surface area contributed by atoms with Crippen LogP contribution in [0.3, 0.4) is 0 Å². The molecule has 1 aromatic rings. The first-order valence-electron chi connectivity index (χ1n) is 6.32. The van der Waals surface area contributed by atoms with Gasteiger partial charge in [0.2, 0.25) is 5.91 Å². The van der Waals surface area contributed by atoms with Crippen LogP contribution in [0.5, 0.6) is 0 Å². The zero-order valence-electron chi connectivity index (χ0n) is 11.2. The maximum Gasteiger partial charge on any atom is 0.242 e. The summed E-state index contributed by atoms with van der Waals surface area (Å²) in [4.78, 5) is 11.8. The van der Waals surface area contributed by atoms with Crippen LogP contribution in [-0.2, 0) is 4.79 Å². The second kappa shape index (κ2) is 7.80. The van der Waals surface area contributed by atoms with Crippen molar-refractivity contribution in [1.82, 2.24) is 5.32 Å². The summed E-state index contributed by atoms with van der Waals surface area (Å²) in [6.07, 6.45) is 2.02. The summed E-state index contributed by atoms with van der Waals surface area (Å²) in [6, 6.07) is 7.05. The van der Waals surface area contributed by atoms with E-state index in [2.05, 4.69) is 39.6 Å². The number of halogens is 1. The van der Waals surface area contributed by atoms with E-state index in [0.717, 1.165) is 17.3 Å². The molecule has 0 fully saturated rings. The minimum Gasteiger partial charge on any atom is -0.373 e. The van der Waals surface area contributed by atoms with Gasteiger partial charge >= 0.3 is 0 Å². The van der Waals surface area contributed by atoms with Gasteiger partial charge in [-0.05, 0) is 31.5 Å². The molecule has 5 heteroatoms. The number of amides is 1. The number of nitrogens with zero attached hydrogens (tertiary/aromatic N) is 1. The number of anilines is 1. The molecule has 0 saturated carbocycles. The van der Waals surface area contributed by atoms with Crippen LogP contribution in [0.1, 0.15) is 32.3 Å². The third kappa shape index (κ3) is 4.92. The number of hydrogen-bond acceptors (Lipinski definition) is 3. The van der Waals surface area contributed by atoms with E-state index in [0.29, 0.717) is 17.8 Å². The van der Waals surface area contributed by atoms with Crippen molar-refractivity contribution in [2.75, 3.05) is 11.9 Å². The van der Waals surface area contributed by atoms with Gasteiger partial charge in [0.15, 0.2) is 0 Å². The number of hydrogen-bond donors (Lipinski definition) is 2. The molecular weight excluding hydrogens is 306 g/mol. The lowest BCUT2D eigenvalue weighted by Gasteiger charge is -2.16. The fourth-order valence-electron chi connectivity index (χ4n) is 1.57. The Morgan fingerprint density at radius 2 is 2.26 bits per heavy atom. The highest BCUT2D eigenvalue weighted by Gasteiger charge is 2.13. The van der Waals surface area contributed by atoms with Crippen molar-refractivity contribution in [2.24, 2.45) is 0 Å². The molecule has 0 aliphatic heterocycles. The number of nitrogens with one attached hydrogen (secondary N) is 2. The Morgan fingerprint density at radius 1 is 1.53 bits per heavy atom. The number of unbranched alkanes of at least 4 members (excludes halogenated alkanes) is 1. The lowest BCUT2D eigenvalue weighted by atomic mass is 10.1. The molecule has 19 heavy (non-hydrogen) atoms. The number of nitriles is 1. The van der Waals surface area contributed by atoms with Crippen LogP contribution in [0.15, 0.2) is 22.7 Å². The Kier molecular flexibility index (Phi) is 6.37. The van der Waals surface area contributed by atoms with Gasteiger partial charge in [-0.15, -0.1) is 0 Å². The lowest BCUT2D eigenvalue weighted by molar-refractivity contribution is -0.121. The summed E-state index contributed by atoms with van der Waals surface area (Å²) in [5.41, 5.74) is 1.19. The van der Waals surface area contributed by atoms with Crippen molar-refractivity contribution in [1.29, 1.82) is 5.26 Å². The molecular formula is C14H18BrN3O. The van der Waals surface area contributed by atoms with Crippen LogP contribution in [-0.4, -0.2) is 18.5 Å². The normalized spacial score (nSPS) is 11.5. The van der Waals surface area contributed by atoms with Crippen molar-refractivity contribution in [3.05, 3.63) is 28.2 Å². The highest BCUT2D eigenvalue weighted by molar-refractivity contribution is 9.10. The summed E-state index contributed by atoms with van der Waals surface area (Å²) in [7, 11) is 0. The quantitative estimate of drug-likeness (QED) is 0.791. The fraction of sp³-hybridized carbons (Fsp3) is 0.429. The van der Waals surface area contributed by atoms with Gasteiger partial charge in [-0.25, -0.2) is 0 Å². The number of rotatable bonds is 6. The Balaban J connectivity index is 2.66. The summed E-state index contributed by atoms with van der Waals surface area (Å²) in [5.74, 6) is -0.0580. The summed E-state index contributed by atoms with van der Waals surface area (Å²) in [6.45, 7) is 4.54. The monoisotopic (exact) mass is 323 g/mol. The minimum atomic E-state index is -0.377. The van der Waals surface area contributed by atoms with Gasteiger partial charge in [-0.3, -0.25) is 4.79 Å². The molecule has 0 saturated heterocycles. The van der Waals surface area contributed by atoms with Crippen molar-refractivity contribution >= 4 is 27.5 Å².